The van der Waals surface area contributed by atoms with Crippen LogP contribution in [0.3, 0.4) is 0 Å². The van der Waals surface area contributed by atoms with E-state index in [2.05, 4.69) is 20.4 Å². The Hall–Kier alpha value is -2.63. The SMILES string of the molecule is CNc1ncc(-c2cc(C)n(C)n2)c2cc(N)ncc12. The van der Waals surface area contributed by atoms with Gasteiger partial charge in [-0.1, -0.05) is 0 Å². The largest absolute Gasteiger partial charge is 0.384 e. The molecule has 0 amide bonds. The summed E-state index contributed by atoms with van der Waals surface area (Å²) in [7, 11) is 3.76. The Labute approximate surface area is 116 Å². The third kappa shape index (κ3) is 1.85. The Morgan fingerprint density at radius 1 is 1.15 bits per heavy atom. The lowest BCUT2D eigenvalue weighted by Crippen LogP contribution is -1.98. The van der Waals surface area contributed by atoms with Crippen LogP contribution in [0.2, 0.25) is 0 Å². The topological polar surface area (TPSA) is 81.7 Å². The average molecular weight is 268 g/mol. The number of pyridine rings is 2. The number of nitrogens with zero attached hydrogens (tertiary/aromatic N) is 4. The van der Waals surface area contributed by atoms with E-state index < -0.39 is 0 Å². The third-order valence-electron chi connectivity index (χ3n) is 3.42. The molecule has 0 aliphatic rings. The van der Waals surface area contributed by atoms with Crippen LogP contribution in [-0.4, -0.2) is 26.8 Å². The van der Waals surface area contributed by atoms with Gasteiger partial charge in [0, 0.05) is 48.5 Å². The quantitative estimate of drug-likeness (QED) is 0.742. The molecule has 0 aromatic carbocycles. The molecular weight excluding hydrogens is 252 g/mol. The molecule has 102 valence electrons. The van der Waals surface area contributed by atoms with Gasteiger partial charge in [-0.05, 0) is 19.1 Å². The summed E-state index contributed by atoms with van der Waals surface area (Å²) in [5.41, 5.74) is 8.75. The zero-order valence-electron chi connectivity index (χ0n) is 11.7. The number of hydrogen-bond acceptors (Lipinski definition) is 5. The van der Waals surface area contributed by atoms with E-state index in [-0.39, 0.29) is 0 Å². The van der Waals surface area contributed by atoms with Gasteiger partial charge in [-0.3, -0.25) is 4.68 Å². The van der Waals surface area contributed by atoms with Crippen molar-refractivity contribution in [2.24, 2.45) is 7.05 Å². The number of nitrogen functional groups attached to an aromatic ring is 1. The Kier molecular flexibility index (Phi) is 2.78. The van der Waals surface area contributed by atoms with Crippen molar-refractivity contribution in [2.75, 3.05) is 18.1 Å². The summed E-state index contributed by atoms with van der Waals surface area (Å²) in [5, 5.41) is 9.51. The van der Waals surface area contributed by atoms with E-state index in [1.54, 1.807) is 6.20 Å². The summed E-state index contributed by atoms with van der Waals surface area (Å²) < 4.78 is 1.84. The van der Waals surface area contributed by atoms with E-state index in [0.717, 1.165) is 33.5 Å². The number of aromatic nitrogens is 4. The number of hydrogen-bond donors (Lipinski definition) is 2. The zero-order valence-corrected chi connectivity index (χ0v) is 11.7. The maximum Gasteiger partial charge on any atom is 0.135 e. The average Bonchev–Trinajstić information content (AvgIpc) is 2.77. The van der Waals surface area contributed by atoms with Crippen LogP contribution in [0.15, 0.2) is 24.5 Å². The van der Waals surface area contributed by atoms with Crippen LogP contribution in [0.5, 0.6) is 0 Å². The van der Waals surface area contributed by atoms with Crippen LogP contribution in [0.25, 0.3) is 22.0 Å². The molecular formula is C14H16N6. The zero-order chi connectivity index (χ0) is 14.3. The first-order valence-electron chi connectivity index (χ1n) is 6.33. The Morgan fingerprint density at radius 3 is 2.60 bits per heavy atom. The first kappa shape index (κ1) is 12.4. The van der Waals surface area contributed by atoms with E-state index in [4.69, 9.17) is 5.73 Å². The second-order valence-electron chi connectivity index (χ2n) is 4.72. The van der Waals surface area contributed by atoms with Crippen LogP contribution < -0.4 is 11.1 Å². The van der Waals surface area contributed by atoms with Crippen molar-refractivity contribution >= 4 is 22.4 Å². The lowest BCUT2D eigenvalue weighted by molar-refractivity contribution is 0.743. The van der Waals surface area contributed by atoms with Crippen molar-refractivity contribution in [1.82, 2.24) is 19.7 Å². The van der Waals surface area contributed by atoms with Crippen molar-refractivity contribution in [3.63, 3.8) is 0 Å². The smallest absolute Gasteiger partial charge is 0.135 e. The van der Waals surface area contributed by atoms with Gasteiger partial charge in [0.05, 0.1) is 5.69 Å². The van der Waals surface area contributed by atoms with Crippen LogP contribution in [-0.2, 0) is 7.05 Å². The molecule has 0 aliphatic carbocycles. The van der Waals surface area contributed by atoms with Crippen LogP contribution in [0.4, 0.5) is 11.6 Å². The molecule has 0 unspecified atom stereocenters. The minimum Gasteiger partial charge on any atom is -0.384 e. The lowest BCUT2D eigenvalue weighted by Gasteiger charge is -2.08. The maximum absolute atomic E-state index is 5.82. The molecule has 0 bridgehead atoms. The number of rotatable bonds is 2. The molecule has 0 fully saturated rings. The normalized spacial score (nSPS) is 10.9. The summed E-state index contributed by atoms with van der Waals surface area (Å²) in [6.45, 7) is 2.02. The van der Waals surface area contributed by atoms with E-state index in [9.17, 15) is 0 Å². The van der Waals surface area contributed by atoms with E-state index in [1.807, 2.05) is 44.0 Å². The van der Waals surface area contributed by atoms with Crippen molar-refractivity contribution in [3.05, 3.63) is 30.2 Å². The molecule has 0 aliphatic heterocycles. The van der Waals surface area contributed by atoms with Crippen LogP contribution >= 0.6 is 0 Å². The van der Waals surface area contributed by atoms with Crippen LogP contribution in [0.1, 0.15) is 5.69 Å². The summed E-state index contributed by atoms with van der Waals surface area (Å²) >= 11 is 0. The second-order valence-corrected chi connectivity index (χ2v) is 4.72. The fraction of sp³-hybridized carbons (Fsp3) is 0.214. The van der Waals surface area contributed by atoms with Gasteiger partial charge in [0.1, 0.15) is 11.6 Å². The highest BCUT2D eigenvalue weighted by Crippen LogP contribution is 2.31. The maximum atomic E-state index is 5.82. The van der Waals surface area contributed by atoms with Crippen molar-refractivity contribution in [1.29, 1.82) is 0 Å². The number of aryl methyl sites for hydroxylation is 2. The summed E-state index contributed by atoms with van der Waals surface area (Å²) in [5.74, 6) is 1.27. The van der Waals surface area contributed by atoms with E-state index in [0.29, 0.717) is 5.82 Å². The minimum absolute atomic E-state index is 0.486. The number of nitrogens with two attached hydrogens (primary N) is 1. The molecule has 20 heavy (non-hydrogen) atoms. The first-order chi connectivity index (χ1) is 9.60. The standard InChI is InChI=1S/C14H16N6/c1-8-4-12(19-20(8)3)10-6-18-14(16-2)11-7-17-13(15)5-9(10)11/h4-7H,1-3H3,(H2,15,17)(H,16,18). The molecule has 3 N–H and O–H groups in total. The van der Waals surface area contributed by atoms with Crippen molar-refractivity contribution in [3.8, 4) is 11.3 Å². The van der Waals surface area contributed by atoms with Gasteiger partial charge in [-0.2, -0.15) is 5.10 Å². The molecule has 3 aromatic heterocycles. The second kappa shape index (κ2) is 4.48. The molecule has 0 saturated carbocycles. The molecule has 0 radical (unpaired) electrons. The Bertz CT molecular complexity index is 770. The van der Waals surface area contributed by atoms with Gasteiger partial charge >= 0.3 is 0 Å². The molecule has 0 atom stereocenters. The van der Waals surface area contributed by atoms with Gasteiger partial charge in [-0.25, -0.2) is 9.97 Å². The Balaban J connectivity index is 2.33. The number of anilines is 2. The van der Waals surface area contributed by atoms with Crippen molar-refractivity contribution < 1.29 is 0 Å². The summed E-state index contributed by atoms with van der Waals surface area (Å²) in [4.78, 5) is 8.57. The fourth-order valence-electron chi connectivity index (χ4n) is 2.25. The molecule has 0 saturated heterocycles. The van der Waals surface area contributed by atoms with E-state index in [1.165, 1.54) is 0 Å². The molecule has 6 nitrogen and oxygen atoms in total. The minimum atomic E-state index is 0.486. The van der Waals surface area contributed by atoms with Crippen molar-refractivity contribution in [2.45, 2.75) is 6.92 Å². The molecule has 3 rings (SSSR count). The Morgan fingerprint density at radius 2 is 1.95 bits per heavy atom. The lowest BCUT2D eigenvalue weighted by atomic mass is 10.1. The van der Waals surface area contributed by atoms with Gasteiger partial charge in [0.15, 0.2) is 0 Å². The fourth-order valence-corrected chi connectivity index (χ4v) is 2.25. The molecule has 3 heterocycles. The predicted molar refractivity (Wildman–Crippen MR) is 80.4 cm³/mol. The monoisotopic (exact) mass is 268 g/mol. The predicted octanol–water partition coefficient (Wildman–Crippen LogP) is 1.96. The molecule has 3 aromatic rings. The van der Waals surface area contributed by atoms with Gasteiger partial charge in [0.2, 0.25) is 0 Å². The van der Waals surface area contributed by atoms with E-state index >= 15 is 0 Å². The summed E-state index contributed by atoms with van der Waals surface area (Å²) in [6.07, 6.45) is 3.55. The highest BCUT2D eigenvalue weighted by molar-refractivity contribution is 6.01. The number of nitrogens with one attached hydrogen (secondary N) is 1. The number of fused-ring (bicyclic) bond motifs is 1. The molecule has 0 spiro atoms. The van der Waals surface area contributed by atoms with Gasteiger partial charge in [-0.15, -0.1) is 0 Å². The molecule has 6 heteroatoms. The highest BCUT2D eigenvalue weighted by atomic mass is 15.3. The third-order valence-corrected chi connectivity index (χ3v) is 3.42. The summed E-state index contributed by atoms with van der Waals surface area (Å²) in [6, 6.07) is 3.89. The highest BCUT2D eigenvalue weighted by Gasteiger charge is 2.12. The first-order valence-corrected chi connectivity index (χ1v) is 6.33. The van der Waals surface area contributed by atoms with Crippen LogP contribution in [0, 0.1) is 6.92 Å². The van der Waals surface area contributed by atoms with Gasteiger partial charge in [0.25, 0.3) is 0 Å². The van der Waals surface area contributed by atoms with Gasteiger partial charge < -0.3 is 11.1 Å².